The van der Waals surface area contributed by atoms with E-state index in [9.17, 15) is 13.2 Å². The number of carbonyl (C=O) groups excluding carboxylic acids is 1. The van der Waals surface area contributed by atoms with Crippen molar-refractivity contribution in [2.45, 2.75) is 83.8 Å². The van der Waals surface area contributed by atoms with Crippen LogP contribution in [-0.4, -0.2) is 39.7 Å². The third-order valence-electron chi connectivity index (χ3n) is 11.3. The van der Waals surface area contributed by atoms with E-state index in [1.54, 1.807) is 158 Å². The van der Waals surface area contributed by atoms with Gasteiger partial charge in [-0.25, -0.2) is 13.2 Å². The summed E-state index contributed by atoms with van der Waals surface area (Å²) in [6, 6.07) is 54.4. The molecule has 0 aromatic heterocycles. The Morgan fingerprint density at radius 2 is 0.742 bits per heavy atom. The molecule has 0 saturated heterocycles. The average molecular weight is 1480 g/mol. The maximum Gasteiger partial charge on any atom is 1.00 e. The van der Waals surface area contributed by atoms with E-state index in [1.165, 1.54) is 12.1 Å². The van der Waals surface area contributed by atoms with Gasteiger partial charge in [0.25, 0.3) is 6.47 Å². The third-order valence-corrected chi connectivity index (χ3v) is 17.9. The van der Waals surface area contributed by atoms with Gasteiger partial charge in [0, 0.05) is 44.0 Å². The summed E-state index contributed by atoms with van der Waals surface area (Å²) in [5.74, 6) is 1.52. The number of nitrogens with zero attached hydrogens (tertiary/aromatic N) is 4. The molecular formula is C67H72Br2F3K2LiN8O8Si2. The zero-order valence-electron chi connectivity index (χ0n) is 53.7. The number of alkyl halides is 2. The van der Waals surface area contributed by atoms with Gasteiger partial charge in [0.2, 0.25) is 0 Å². The second-order valence-electron chi connectivity index (χ2n) is 20.5. The number of amidine groups is 2. The normalized spacial score (nSPS) is 9.69. The van der Waals surface area contributed by atoms with Gasteiger partial charge in [-0.05, 0) is 132 Å². The number of halogens is 5. The Hall–Kier alpha value is -5.39. The van der Waals surface area contributed by atoms with E-state index >= 15 is 0 Å². The maximum absolute atomic E-state index is 14.8. The number of nitrogen functional groups attached to an aromatic ring is 2. The van der Waals surface area contributed by atoms with Crippen molar-refractivity contribution in [1.29, 1.82) is 26.6 Å². The number of ether oxygens (including phenoxy) is 4. The van der Waals surface area contributed by atoms with Gasteiger partial charge in [-0.1, -0.05) is 150 Å². The van der Waals surface area contributed by atoms with E-state index in [2.05, 4.69) is 76.0 Å². The van der Waals surface area contributed by atoms with Crippen molar-refractivity contribution >= 4 is 66.5 Å². The molecule has 0 bridgehead atoms. The van der Waals surface area contributed by atoms with E-state index in [0.717, 1.165) is 0 Å². The molecule has 0 heterocycles. The second-order valence-corrected chi connectivity index (χ2v) is 31.2. The van der Waals surface area contributed by atoms with Crippen molar-refractivity contribution in [2.75, 3.05) is 0 Å². The molecule has 474 valence electrons. The number of hydrogen-bond acceptors (Lipinski definition) is 13. The molecule has 0 aliphatic rings. The van der Waals surface area contributed by atoms with Gasteiger partial charge in [0.05, 0.1) is 34.9 Å². The van der Waals surface area contributed by atoms with Crippen LogP contribution in [0.15, 0.2) is 176 Å². The van der Waals surface area contributed by atoms with Crippen LogP contribution < -0.4 is 157 Å². The predicted molar refractivity (Wildman–Crippen MR) is 357 cm³/mol. The molecular weight excluding hydrogens is 1400 g/mol. The van der Waals surface area contributed by atoms with Crippen molar-refractivity contribution in [1.82, 2.24) is 0 Å². The molecule has 8 aromatic carbocycles. The van der Waals surface area contributed by atoms with Gasteiger partial charge < -0.3 is 51.7 Å². The summed E-state index contributed by atoms with van der Waals surface area (Å²) >= 11 is 6.43. The molecule has 8 aromatic rings. The van der Waals surface area contributed by atoms with E-state index in [1.807, 2.05) is 24.3 Å². The number of benzene rings is 8. The second kappa shape index (κ2) is 48.3. The molecule has 0 unspecified atom stereocenters. The number of phenols is 1. The number of rotatable bonds is 19. The Morgan fingerprint density at radius 1 is 0.516 bits per heavy atom. The van der Waals surface area contributed by atoms with Gasteiger partial charge >= 0.3 is 122 Å². The van der Waals surface area contributed by atoms with Crippen LogP contribution in [0.2, 0.25) is 39.3 Å². The Morgan fingerprint density at radius 3 is 0.946 bits per heavy atom. The molecule has 93 heavy (non-hydrogen) atoms. The number of carbonyl (C=O) groups is 1. The molecule has 0 atom stereocenters. The largest absolute Gasteiger partial charge is 1.00 e. The summed E-state index contributed by atoms with van der Waals surface area (Å²) in [5.41, 5.74) is 16.8. The fourth-order valence-electron chi connectivity index (χ4n) is 7.45. The predicted octanol–water partition coefficient (Wildman–Crippen LogP) is 6.38. The molecule has 26 heteroatoms. The third kappa shape index (κ3) is 35.8. The van der Waals surface area contributed by atoms with Gasteiger partial charge in [0.1, 0.15) is 84.3 Å². The molecule has 0 aliphatic heterocycles. The summed E-state index contributed by atoms with van der Waals surface area (Å²) in [6.07, 6.45) is 0. The topological polar surface area (TPSA) is 292 Å². The van der Waals surface area contributed by atoms with Crippen LogP contribution in [0.25, 0.3) is 4.65 Å². The first-order valence-corrected chi connectivity index (χ1v) is 36.0. The minimum absolute atomic E-state index is 0. The zero-order chi connectivity index (χ0) is 65.9. The summed E-state index contributed by atoms with van der Waals surface area (Å²) in [4.78, 5) is 11.2. The molecule has 0 saturated carbocycles. The van der Waals surface area contributed by atoms with Gasteiger partial charge in [-0.2, -0.15) is 15.8 Å². The van der Waals surface area contributed by atoms with Crippen molar-refractivity contribution < 1.29 is 175 Å². The van der Waals surface area contributed by atoms with Crippen LogP contribution in [0.3, 0.4) is 0 Å². The van der Waals surface area contributed by atoms with Crippen molar-refractivity contribution in [3.05, 3.63) is 259 Å². The van der Waals surface area contributed by atoms with Crippen LogP contribution in [0.5, 0.6) is 28.7 Å². The Bertz CT molecular complexity index is 3470. The van der Waals surface area contributed by atoms with Crippen molar-refractivity contribution in [3.63, 3.8) is 0 Å². The zero-order valence-corrected chi connectivity index (χ0v) is 64.1. The molecule has 0 amide bonds. The first-order chi connectivity index (χ1) is 42.4. The summed E-state index contributed by atoms with van der Waals surface area (Å²) in [5, 5.41) is 59.0. The first-order valence-electron chi connectivity index (χ1n) is 26.8. The standard InChI is InChI=1S/C22H21FN4O2.C22H15FN2O2.C8H7Br2F.C7H5NO.C6H18NSi2.CH2O3.CH4.2K.Li.H/c23-20-16(12-28-18-8-4-14(5-9-18)21(24)25)2-1-3-17(20)13-29-19-10-6-15(7-11-19)22(26)27;23-22-18(14-26-20-8-4-16(12-24)5-9-20)2-1-3-19(22)15-27-21-10-6-17(13-25)7-11-21;9-4-6-2-1-3-7(5-10)8(6)11;8-5-6-1-3-7(9)4-2-6;1-8(2,3)7-9(4,5)6;2-1-4-3;;;;;/h1-11H,12-13H2,(H3,24,25)(H3,26,27);1-11H,14-15H2;1-3H,4-5H2;1-4,9H;1-6H3;1,3H;1H4;;;;/q;;;;-1;;;3*+1;-1/p-1. The minimum Gasteiger partial charge on any atom is -1.00 e. The number of phenolic OH excluding ortho intramolecular Hbond substituents is 1. The van der Waals surface area contributed by atoms with E-state index < -0.39 is 16.5 Å². The quantitative estimate of drug-likeness (QED) is 0.0112. The van der Waals surface area contributed by atoms with Crippen molar-refractivity contribution in [2.24, 2.45) is 11.5 Å². The summed E-state index contributed by atoms with van der Waals surface area (Å²) in [7, 11) is -2.21. The molecule has 8 rings (SSSR count). The number of aromatic hydroxyl groups is 1. The molecule has 0 spiro atoms. The van der Waals surface area contributed by atoms with Crippen LogP contribution in [0.4, 0.5) is 13.2 Å². The number of nitrogens with one attached hydrogen (secondary N) is 2. The number of nitrogens with two attached hydrogens (primary N) is 2. The van der Waals surface area contributed by atoms with Crippen molar-refractivity contribution in [3.8, 4) is 47.0 Å². The molecule has 7 N–H and O–H groups in total. The SMILES string of the molecule is C.C[Si](C)(C)[N-][Si](C)(C)C.Fc1c(CBr)cccc1CBr.N#Cc1ccc(O)cc1.N#Cc1ccc(OCc2cccc(COc3ccc(C#N)cc3)c2F)cc1.N=C(N)c1ccc(OCc2cccc(COc3ccc(C(=N)N)cc3)c2F)cc1.O=CO[O-].[H-].[K+].[K+].[Li+]. The monoisotopic (exact) mass is 1470 g/mol. The Balaban J connectivity index is -0.00000116. The van der Waals surface area contributed by atoms with Crippen LogP contribution in [-0.2, 0) is 46.8 Å². The van der Waals surface area contributed by atoms with Crippen LogP contribution >= 0.6 is 31.9 Å². The fraction of sp³-hybridized carbons (Fsp3) is 0.194. The van der Waals surface area contributed by atoms with Gasteiger partial charge in [0.15, 0.2) is 0 Å². The van der Waals surface area contributed by atoms with Crippen LogP contribution in [0, 0.1) is 62.3 Å². The van der Waals surface area contributed by atoms with E-state index in [4.69, 9.17) is 76.8 Å². The van der Waals surface area contributed by atoms with E-state index in [0.29, 0.717) is 94.9 Å². The number of nitriles is 3. The van der Waals surface area contributed by atoms with E-state index in [-0.39, 0.29) is 198 Å². The maximum atomic E-state index is 14.8. The smallest absolute Gasteiger partial charge is 1.00 e. The molecule has 0 radical (unpaired) electrons. The number of hydrogen-bond donors (Lipinski definition) is 5. The fourth-order valence-corrected chi connectivity index (χ4v) is 16.4. The Labute approximate surface area is 661 Å². The summed E-state index contributed by atoms with van der Waals surface area (Å²) in [6.45, 7) is 13.9. The van der Waals surface area contributed by atoms with Gasteiger partial charge in [-0.3, -0.25) is 15.6 Å². The molecule has 0 aliphatic carbocycles. The Kier molecular flexibility index (Phi) is 46.6. The first kappa shape index (κ1) is 89.7. The molecule has 0 fully saturated rings. The average Bonchev–Trinajstić information content (AvgIpc) is 0.919. The van der Waals surface area contributed by atoms with Crippen LogP contribution in [0.1, 0.15) is 70.1 Å². The van der Waals surface area contributed by atoms with Gasteiger partial charge in [-0.15, -0.1) is 0 Å². The summed E-state index contributed by atoms with van der Waals surface area (Å²) < 4.78 is 69.9. The molecule has 16 nitrogen and oxygen atoms in total. The minimum atomic E-state index is -1.11.